The third kappa shape index (κ3) is 3.86. The lowest BCUT2D eigenvalue weighted by molar-refractivity contribution is -0.386. The monoisotopic (exact) mass is 352 g/mol. The van der Waals surface area contributed by atoms with E-state index in [0.29, 0.717) is 35.3 Å². The normalized spacial score (nSPS) is 11.0. The molecule has 0 aliphatic heterocycles. The third-order valence-electron chi connectivity index (χ3n) is 3.09. The second-order valence-corrected chi connectivity index (χ2v) is 5.17. The van der Waals surface area contributed by atoms with Gasteiger partial charge in [-0.1, -0.05) is 22.8 Å². The van der Waals surface area contributed by atoms with Crippen LogP contribution in [0, 0.1) is 17.0 Å². The quantitative estimate of drug-likeness (QED) is 0.538. The number of rotatable bonds is 7. The first kappa shape index (κ1) is 17.8. The number of hydrogen-bond acceptors (Lipinski definition) is 6. The van der Waals surface area contributed by atoms with Gasteiger partial charge in [0.1, 0.15) is 0 Å². The lowest BCUT2D eigenvalue weighted by Gasteiger charge is -2.13. The van der Waals surface area contributed by atoms with Gasteiger partial charge in [-0.25, -0.2) is 0 Å². The molecule has 7 nitrogen and oxygen atoms in total. The van der Waals surface area contributed by atoms with Crippen LogP contribution in [-0.4, -0.2) is 23.3 Å². The van der Waals surface area contributed by atoms with Gasteiger partial charge >= 0.3 is 5.69 Å². The zero-order chi connectivity index (χ0) is 17.7. The highest BCUT2D eigenvalue weighted by atomic mass is 35.5. The van der Waals surface area contributed by atoms with Gasteiger partial charge in [-0.05, 0) is 44.5 Å². The number of nitro groups is 1. The van der Waals surface area contributed by atoms with Crippen LogP contribution in [-0.2, 0) is 0 Å². The molecular weight excluding hydrogens is 336 g/mol. The standard InChI is InChI=1S/C16H17ClN2O5/c1-4-22-14-9-11(8-12(17)16(14)23-5-2)6-7-13-15(19(20)21)10(3)18-24-13/h6-9H,4-5H2,1-3H3. The van der Waals surface area contributed by atoms with Gasteiger partial charge in [0.15, 0.2) is 17.2 Å². The Morgan fingerprint density at radius 1 is 1.29 bits per heavy atom. The summed E-state index contributed by atoms with van der Waals surface area (Å²) < 4.78 is 16.0. The van der Waals surface area contributed by atoms with Crippen LogP contribution in [0.25, 0.3) is 12.2 Å². The maximum absolute atomic E-state index is 11.0. The zero-order valence-electron chi connectivity index (χ0n) is 13.5. The summed E-state index contributed by atoms with van der Waals surface area (Å²) in [5, 5.41) is 15.0. The summed E-state index contributed by atoms with van der Waals surface area (Å²) in [5.74, 6) is 1.05. The fourth-order valence-electron chi connectivity index (χ4n) is 2.12. The summed E-state index contributed by atoms with van der Waals surface area (Å²) in [6.45, 7) is 6.13. The molecular formula is C16H17ClN2O5. The van der Waals surface area contributed by atoms with Gasteiger partial charge in [0, 0.05) is 0 Å². The molecule has 8 heteroatoms. The maximum atomic E-state index is 11.0. The van der Waals surface area contributed by atoms with Crippen LogP contribution < -0.4 is 9.47 Å². The van der Waals surface area contributed by atoms with Crippen LogP contribution in [0.3, 0.4) is 0 Å². The highest BCUT2D eigenvalue weighted by Crippen LogP contribution is 2.37. The molecule has 0 atom stereocenters. The van der Waals surface area contributed by atoms with Crippen molar-refractivity contribution in [3.63, 3.8) is 0 Å². The summed E-state index contributed by atoms with van der Waals surface area (Å²) in [6, 6.07) is 3.42. The number of nitrogens with zero attached hydrogens (tertiary/aromatic N) is 2. The lowest BCUT2D eigenvalue weighted by Crippen LogP contribution is -1.99. The largest absolute Gasteiger partial charge is 0.490 e. The summed E-state index contributed by atoms with van der Waals surface area (Å²) in [6.07, 6.45) is 3.11. The number of hydrogen-bond donors (Lipinski definition) is 0. The molecule has 128 valence electrons. The summed E-state index contributed by atoms with van der Waals surface area (Å²) >= 11 is 6.23. The molecule has 0 aliphatic carbocycles. The molecule has 24 heavy (non-hydrogen) atoms. The van der Waals surface area contributed by atoms with E-state index in [-0.39, 0.29) is 17.1 Å². The Kier molecular flexibility index (Phi) is 5.81. The van der Waals surface area contributed by atoms with Gasteiger partial charge in [0.05, 0.1) is 23.2 Å². The van der Waals surface area contributed by atoms with E-state index in [0.717, 1.165) is 0 Å². The summed E-state index contributed by atoms with van der Waals surface area (Å²) in [5.41, 5.74) is 0.753. The number of ether oxygens (including phenoxy) is 2. The van der Waals surface area contributed by atoms with Gasteiger partial charge in [0.25, 0.3) is 0 Å². The van der Waals surface area contributed by atoms with E-state index in [1.807, 2.05) is 13.8 Å². The highest BCUT2D eigenvalue weighted by Gasteiger charge is 2.22. The van der Waals surface area contributed by atoms with E-state index in [9.17, 15) is 10.1 Å². The van der Waals surface area contributed by atoms with Gasteiger partial charge < -0.3 is 14.0 Å². The van der Waals surface area contributed by atoms with E-state index in [4.69, 9.17) is 25.6 Å². The third-order valence-corrected chi connectivity index (χ3v) is 3.37. The molecule has 1 aromatic heterocycles. The SMILES string of the molecule is CCOc1cc(C=Cc2onc(C)c2[N+](=O)[O-])cc(Cl)c1OCC. The number of aromatic nitrogens is 1. The van der Waals surface area contributed by atoms with Crippen LogP contribution in [0.1, 0.15) is 30.9 Å². The molecule has 0 saturated carbocycles. The van der Waals surface area contributed by atoms with Crippen LogP contribution in [0.15, 0.2) is 16.7 Å². The Balaban J connectivity index is 2.38. The molecule has 1 aromatic carbocycles. The average molecular weight is 353 g/mol. The van der Waals surface area contributed by atoms with Gasteiger partial charge in [0.2, 0.25) is 5.76 Å². The van der Waals surface area contributed by atoms with Gasteiger partial charge in [-0.15, -0.1) is 0 Å². The van der Waals surface area contributed by atoms with Gasteiger partial charge in [-0.2, -0.15) is 0 Å². The minimum atomic E-state index is -0.526. The minimum absolute atomic E-state index is 0.0699. The highest BCUT2D eigenvalue weighted by molar-refractivity contribution is 6.32. The van der Waals surface area contributed by atoms with Crippen LogP contribution in [0.5, 0.6) is 11.5 Å². The van der Waals surface area contributed by atoms with Crippen LogP contribution in [0.2, 0.25) is 5.02 Å². The van der Waals surface area contributed by atoms with Crippen molar-refractivity contribution < 1.29 is 18.9 Å². The average Bonchev–Trinajstić information content (AvgIpc) is 2.90. The van der Waals surface area contributed by atoms with E-state index in [1.165, 1.54) is 13.0 Å². The fraction of sp³-hybridized carbons (Fsp3) is 0.312. The van der Waals surface area contributed by atoms with Crippen LogP contribution in [0.4, 0.5) is 5.69 Å². The molecule has 2 aromatic rings. The Bertz CT molecular complexity index is 770. The number of aryl methyl sites for hydroxylation is 1. The summed E-state index contributed by atoms with van der Waals surface area (Å²) in [4.78, 5) is 10.5. The molecule has 0 unspecified atom stereocenters. The topological polar surface area (TPSA) is 87.6 Å². The maximum Gasteiger partial charge on any atom is 0.338 e. The lowest BCUT2D eigenvalue weighted by atomic mass is 10.1. The van der Waals surface area contributed by atoms with Crippen molar-refractivity contribution in [3.05, 3.63) is 44.3 Å². The number of halogens is 1. The predicted octanol–water partition coefficient (Wildman–Crippen LogP) is 4.51. The molecule has 0 saturated heterocycles. The predicted molar refractivity (Wildman–Crippen MR) is 90.6 cm³/mol. The Hall–Kier alpha value is -2.54. The smallest absolute Gasteiger partial charge is 0.338 e. The molecule has 1 heterocycles. The van der Waals surface area contributed by atoms with E-state index >= 15 is 0 Å². The molecule has 2 rings (SSSR count). The minimum Gasteiger partial charge on any atom is -0.490 e. The van der Waals surface area contributed by atoms with E-state index in [1.54, 1.807) is 18.2 Å². The Labute approximate surface area is 144 Å². The number of benzene rings is 1. The fourth-order valence-corrected chi connectivity index (χ4v) is 2.39. The van der Waals surface area contributed by atoms with Gasteiger partial charge in [-0.3, -0.25) is 10.1 Å². The van der Waals surface area contributed by atoms with Crippen molar-refractivity contribution in [1.29, 1.82) is 0 Å². The molecule has 0 aliphatic rings. The van der Waals surface area contributed by atoms with Crippen molar-refractivity contribution in [2.75, 3.05) is 13.2 Å². The van der Waals surface area contributed by atoms with Crippen molar-refractivity contribution in [2.45, 2.75) is 20.8 Å². The van der Waals surface area contributed by atoms with Crippen molar-refractivity contribution in [2.24, 2.45) is 0 Å². The first-order valence-corrected chi connectivity index (χ1v) is 7.73. The first-order valence-electron chi connectivity index (χ1n) is 7.35. The van der Waals surface area contributed by atoms with E-state index < -0.39 is 4.92 Å². The molecule has 0 spiro atoms. The van der Waals surface area contributed by atoms with Crippen molar-refractivity contribution in [3.8, 4) is 11.5 Å². The Morgan fingerprint density at radius 3 is 2.62 bits per heavy atom. The molecule has 0 fully saturated rings. The molecule has 0 N–H and O–H groups in total. The molecule has 0 bridgehead atoms. The molecule has 0 radical (unpaired) electrons. The second kappa shape index (κ2) is 7.83. The Morgan fingerprint density at radius 2 is 2.00 bits per heavy atom. The van der Waals surface area contributed by atoms with Crippen molar-refractivity contribution >= 4 is 29.4 Å². The van der Waals surface area contributed by atoms with E-state index in [2.05, 4.69) is 5.16 Å². The second-order valence-electron chi connectivity index (χ2n) is 4.77. The summed E-state index contributed by atoms with van der Waals surface area (Å²) in [7, 11) is 0. The molecule has 0 amide bonds. The van der Waals surface area contributed by atoms with Crippen LogP contribution >= 0.6 is 11.6 Å². The van der Waals surface area contributed by atoms with Crippen molar-refractivity contribution in [1.82, 2.24) is 5.16 Å². The zero-order valence-corrected chi connectivity index (χ0v) is 14.3. The first-order chi connectivity index (χ1) is 11.5.